The van der Waals surface area contributed by atoms with E-state index in [4.69, 9.17) is 5.11 Å². The second-order valence-corrected chi connectivity index (χ2v) is 4.67. The summed E-state index contributed by atoms with van der Waals surface area (Å²) in [6.07, 6.45) is 0. The number of thiophene rings is 1. The Morgan fingerprint density at radius 1 is 1.47 bits per heavy atom. The third kappa shape index (κ3) is 2.18. The highest BCUT2D eigenvalue weighted by Gasteiger charge is 2.38. The van der Waals surface area contributed by atoms with E-state index in [1.807, 2.05) is 11.4 Å². The number of hydrogen-bond donors (Lipinski definition) is 1. The normalized spacial score (nSPS) is 11.1. The van der Waals surface area contributed by atoms with Crippen LogP contribution in [0.1, 0.15) is 13.8 Å². The van der Waals surface area contributed by atoms with Gasteiger partial charge in [0.25, 0.3) is 0 Å². The number of rotatable bonds is 3. The predicted octanol–water partition coefficient (Wildman–Crippen LogP) is 1.82. The minimum absolute atomic E-state index is 0.419. The maximum atomic E-state index is 11.9. The van der Waals surface area contributed by atoms with E-state index >= 15 is 0 Å². The Kier molecular flexibility index (Phi) is 3.14. The average Bonchev–Trinajstić information content (AvgIpc) is 2.67. The summed E-state index contributed by atoms with van der Waals surface area (Å²) < 4.78 is 0. The summed E-state index contributed by atoms with van der Waals surface area (Å²) in [6.45, 7) is 2.81. The van der Waals surface area contributed by atoms with Crippen LogP contribution in [0, 0.1) is 5.41 Å². The fourth-order valence-corrected chi connectivity index (χ4v) is 1.77. The van der Waals surface area contributed by atoms with Gasteiger partial charge in [-0.15, -0.1) is 11.3 Å². The van der Waals surface area contributed by atoms with Crippen LogP contribution in [0.5, 0.6) is 0 Å². The summed E-state index contributed by atoms with van der Waals surface area (Å²) in [6, 6.07) is 3.60. The van der Waals surface area contributed by atoms with Gasteiger partial charge < -0.3 is 10.0 Å². The van der Waals surface area contributed by atoms with E-state index in [1.54, 1.807) is 13.1 Å². The number of anilines is 1. The lowest BCUT2D eigenvalue weighted by Gasteiger charge is -2.24. The monoisotopic (exact) mass is 227 g/mol. The molecule has 0 saturated carbocycles. The van der Waals surface area contributed by atoms with Crippen molar-refractivity contribution < 1.29 is 14.7 Å². The van der Waals surface area contributed by atoms with Crippen LogP contribution in [0.4, 0.5) is 5.00 Å². The number of carbonyl (C=O) groups excluding carboxylic acids is 1. The van der Waals surface area contributed by atoms with Gasteiger partial charge >= 0.3 is 5.97 Å². The summed E-state index contributed by atoms with van der Waals surface area (Å²) in [5.41, 5.74) is -1.39. The zero-order valence-electron chi connectivity index (χ0n) is 8.85. The third-order valence-electron chi connectivity index (χ3n) is 2.21. The van der Waals surface area contributed by atoms with Gasteiger partial charge in [-0.2, -0.15) is 0 Å². The molecular weight excluding hydrogens is 214 g/mol. The quantitative estimate of drug-likeness (QED) is 0.801. The summed E-state index contributed by atoms with van der Waals surface area (Å²) >= 11 is 1.40. The average molecular weight is 227 g/mol. The van der Waals surface area contributed by atoms with E-state index in [0.29, 0.717) is 0 Å². The van der Waals surface area contributed by atoms with Crippen molar-refractivity contribution in [3.8, 4) is 0 Å². The molecule has 0 aliphatic heterocycles. The molecule has 82 valence electrons. The smallest absolute Gasteiger partial charge is 0.318 e. The molecule has 15 heavy (non-hydrogen) atoms. The van der Waals surface area contributed by atoms with Crippen LogP contribution in [-0.4, -0.2) is 24.0 Å². The van der Waals surface area contributed by atoms with Crippen LogP contribution in [0.3, 0.4) is 0 Å². The lowest BCUT2D eigenvalue weighted by Crippen LogP contribution is -2.43. The van der Waals surface area contributed by atoms with Crippen molar-refractivity contribution in [1.82, 2.24) is 0 Å². The van der Waals surface area contributed by atoms with Gasteiger partial charge in [-0.3, -0.25) is 9.59 Å². The minimum atomic E-state index is -1.39. The molecule has 1 rings (SSSR count). The first kappa shape index (κ1) is 11.7. The van der Waals surface area contributed by atoms with Gasteiger partial charge in [-0.05, 0) is 31.4 Å². The topological polar surface area (TPSA) is 57.6 Å². The molecule has 1 amide bonds. The van der Waals surface area contributed by atoms with Gasteiger partial charge in [0.15, 0.2) is 0 Å². The number of carbonyl (C=O) groups is 2. The van der Waals surface area contributed by atoms with Crippen molar-refractivity contribution in [2.24, 2.45) is 5.41 Å². The SMILES string of the molecule is CN(C(=O)C(C)(C)C(=O)O)c1cccs1. The molecule has 0 aliphatic carbocycles. The predicted molar refractivity (Wildman–Crippen MR) is 59.1 cm³/mol. The Hall–Kier alpha value is -1.36. The van der Waals surface area contributed by atoms with Gasteiger partial charge in [0.1, 0.15) is 5.41 Å². The van der Waals surface area contributed by atoms with Crippen LogP contribution in [0.25, 0.3) is 0 Å². The van der Waals surface area contributed by atoms with Gasteiger partial charge in [0, 0.05) is 7.05 Å². The molecule has 0 atom stereocenters. The summed E-state index contributed by atoms with van der Waals surface area (Å²) in [7, 11) is 1.58. The lowest BCUT2D eigenvalue weighted by molar-refractivity contribution is -0.152. The molecule has 0 radical (unpaired) electrons. The standard InChI is InChI=1S/C10H13NO3S/c1-10(2,9(13)14)8(12)11(3)7-5-4-6-15-7/h4-6H,1-3H3,(H,13,14). The van der Waals surface area contributed by atoms with Gasteiger partial charge in [-0.1, -0.05) is 0 Å². The van der Waals surface area contributed by atoms with Crippen molar-refractivity contribution in [2.45, 2.75) is 13.8 Å². The molecule has 0 aromatic carbocycles. The first-order valence-corrected chi connectivity index (χ1v) is 5.30. The van der Waals surface area contributed by atoms with E-state index in [-0.39, 0.29) is 0 Å². The molecule has 0 aliphatic rings. The Bertz CT molecular complexity index is 370. The van der Waals surface area contributed by atoms with Gasteiger partial charge in [0.2, 0.25) is 5.91 Å². The van der Waals surface area contributed by atoms with Crippen molar-refractivity contribution in [3.05, 3.63) is 17.5 Å². The fourth-order valence-electron chi connectivity index (χ4n) is 1.07. The highest BCUT2D eigenvalue weighted by atomic mass is 32.1. The van der Waals surface area contributed by atoms with E-state index in [1.165, 1.54) is 30.1 Å². The number of carboxylic acid groups (broad SMARTS) is 1. The Balaban J connectivity index is 2.91. The molecule has 1 N–H and O–H groups in total. The summed E-state index contributed by atoms with van der Waals surface area (Å²) in [5.74, 6) is -1.53. The molecule has 0 spiro atoms. The van der Waals surface area contributed by atoms with Crippen LogP contribution in [-0.2, 0) is 9.59 Å². The maximum Gasteiger partial charge on any atom is 0.318 e. The Labute approximate surface area is 92.1 Å². The number of hydrogen-bond acceptors (Lipinski definition) is 3. The number of amides is 1. The van der Waals surface area contributed by atoms with Crippen molar-refractivity contribution in [1.29, 1.82) is 0 Å². The minimum Gasteiger partial charge on any atom is -0.480 e. The van der Waals surface area contributed by atoms with Crippen LogP contribution in [0.15, 0.2) is 17.5 Å². The third-order valence-corrected chi connectivity index (χ3v) is 3.16. The van der Waals surface area contributed by atoms with E-state index in [0.717, 1.165) is 5.00 Å². The molecule has 0 saturated heterocycles. The van der Waals surface area contributed by atoms with Crippen molar-refractivity contribution >= 4 is 28.2 Å². The number of carboxylic acids is 1. The molecule has 1 aromatic heterocycles. The molecule has 1 aromatic rings. The molecule has 0 unspecified atom stereocenters. The van der Waals surface area contributed by atoms with Crippen molar-refractivity contribution in [3.63, 3.8) is 0 Å². The zero-order chi connectivity index (χ0) is 11.6. The Morgan fingerprint density at radius 2 is 2.07 bits per heavy atom. The highest BCUT2D eigenvalue weighted by Crippen LogP contribution is 2.26. The summed E-state index contributed by atoms with van der Waals surface area (Å²) in [4.78, 5) is 24.1. The van der Waals surface area contributed by atoms with Crippen LogP contribution < -0.4 is 4.90 Å². The molecule has 4 nitrogen and oxygen atoms in total. The molecule has 0 bridgehead atoms. The first-order chi connectivity index (χ1) is 6.87. The Morgan fingerprint density at radius 3 is 2.47 bits per heavy atom. The maximum absolute atomic E-state index is 11.9. The van der Waals surface area contributed by atoms with Crippen LogP contribution >= 0.6 is 11.3 Å². The second kappa shape index (κ2) is 4.02. The molecular formula is C10H13NO3S. The highest BCUT2D eigenvalue weighted by molar-refractivity contribution is 7.14. The van der Waals surface area contributed by atoms with Gasteiger partial charge in [0.05, 0.1) is 5.00 Å². The molecule has 0 fully saturated rings. The van der Waals surface area contributed by atoms with E-state index in [9.17, 15) is 9.59 Å². The van der Waals surface area contributed by atoms with E-state index < -0.39 is 17.3 Å². The second-order valence-electron chi connectivity index (χ2n) is 3.75. The number of nitrogens with zero attached hydrogens (tertiary/aromatic N) is 1. The number of aliphatic carboxylic acids is 1. The lowest BCUT2D eigenvalue weighted by atomic mass is 9.92. The summed E-state index contributed by atoms with van der Waals surface area (Å²) in [5, 5.41) is 11.5. The first-order valence-electron chi connectivity index (χ1n) is 4.42. The van der Waals surface area contributed by atoms with Gasteiger partial charge in [-0.25, -0.2) is 0 Å². The largest absolute Gasteiger partial charge is 0.480 e. The van der Waals surface area contributed by atoms with E-state index in [2.05, 4.69) is 0 Å². The fraction of sp³-hybridized carbons (Fsp3) is 0.400. The molecule has 5 heteroatoms. The van der Waals surface area contributed by atoms with Crippen LogP contribution in [0.2, 0.25) is 0 Å². The zero-order valence-corrected chi connectivity index (χ0v) is 9.67. The van der Waals surface area contributed by atoms with Crippen molar-refractivity contribution in [2.75, 3.05) is 11.9 Å². The molecule has 1 heterocycles.